The molecule has 1 fully saturated rings. The number of oxazole rings is 1. The molecule has 30 heavy (non-hydrogen) atoms. The number of rotatable bonds is 4. The molecule has 0 unspecified atom stereocenters. The highest BCUT2D eigenvalue weighted by atomic mass is 19.4. The van der Waals surface area contributed by atoms with Crippen LogP contribution in [0.5, 0.6) is 0 Å². The Morgan fingerprint density at radius 2 is 1.70 bits per heavy atom. The number of anilines is 1. The minimum absolute atomic E-state index is 0.319. The fourth-order valence-corrected chi connectivity index (χ4v) is 3.55. The molecule has 1 saturated heterocycles. The van der Waals surface area contributed by atoms with Crippen molar-refractivity contribution in [2.75, 3.05) is 31.1 Å². The van der Waals surface area contributed by atoms with Gasteiger partial charge in [-0.3, -0.25) is 4.90 Å². The van der Waals surface area contributed by atoms with Crippen molar-refractivity contribution in [3.8, 4) is 11.5 Å². The standard InChI is InChI=1S/C22H21F4N3O/c1-15-20(27-21(30-15)16-5-7-18(23)8-6-16)14-28-9-11-29(12-10-28)19-4-2-3-17(13-19)22(24,25)26/h2-8,13H,9-12,14H2,1H3. The van der Waals surface area contributed by atoms with E-state index in [2.05, 4.69) is 9.88 Å². The van der Waals surface area contributed by atoms with Gasteiger partial charge in [-0.05, 0) is 49.4 Å². The van der Waals surface area contributed by atoms with E-state index in [0.29, 0.717) is 55.6 Å². The molecule has 0 amide bonds. The van der Waals surface area contributed by atoms with Crippen LogP contribution in [0.15, 0.2) is 52.9 Å². The predicted octanol–water partition coefficient (Wildman–Crippen LogP) is 5.13. The molecule has 0 radical (unpaired) electrons. The molecular weight excluding hydrogens is 398 g/mol. The van der Waals surface area contributed by atoms with Crippen molar-refractivity contribution in [2.24, 2.45) is 0 Å². The molecule has 1 aliphatic heterocycles. The first-order valence-corrected chi connectivity index (χ1v) is 9.66. The second kappa shape index (κ2) is 8.10. The van der Waals surface area contributed by atoms with Gasteiger partial charge < -0.3 is 9.32 Å². The first-order valence-electron chi connectivity index (χ1n) is 9.66. The first kappa shape index (κ1) is 20.4. The molecule has 1 aliphatic rings. The highest BCUT2D eigenvalue weighted by Gasteiger charge is 2.31. The SMILES string of the molecule is Cc1oc(-c2ccc(F)cc2)nc1CN1CCN(c2cccc(C(F)(F)F)c2)CC1. The lowest BCUT2D eigenvalue weighted by atomic mass is 10.1. The van der Waals surface area contributed by atoms with Crippen molar-refractivity contribution in [2.45, 2.75) is 19.6 Å². The molecule has 0 spiro atoms. The molecule has 4 nitrogen and oxygen atoms in total. The molecule has 3 aromatic rings. The van der Waals surface area contributed by atoms with Crippen LogP contribution in [-0.2, 0) is 12.7 Å². The highest BCUT2D eigenvalue weighted by molar-refractivity contribution is 5.53. The second-order valence-electron chi connectivity index (χ2n) is 7.34. The Morgan fingerprint density at radius 3 is 2.37 bits per heavy atom. The molecule has 0 aliphatic carbocycles. The normalized spacial score (nSPS) is 15.6. The third kappa shape index (κ3) is 4.48. The fraction of sp³-hybridized carbons (Fsp3) is 0.318. The van der Waals surface area contributed by atoms with Crippen molar-refractivity contribution >= 4 is 5.69 Å². The van der Waals surface area contributed by atoms with E-state index in [1.165, 1.54) is 24.3 Å². The maximum Gasteiger partial charge on any atom is 0.416 e. The lowest BCUT2D eigenvalue weighted by molar-refractivity contribution is -0.137. The zero-order valence-corrected chi connectivity index (χ0v) is 16.4. The van der Waals surface area contributed by atoms with Crippen LogP contribution < -0.4 is 4.90 Å². The molecule has 0 atom stereocenters. The van der Waals surface area contributed by atoms with E-state index in [0.717, 1.165) is 11.8 Å². The Labute approximate surface area is 171 Å². The molecular formula is C22H21F4N3O. The van der Waals surface area contributed by atoms with E-state index in [-0.39, 0.29) is 5.82 Å². The summed E-state index contributed by atoms with van der Waals surface area (Å²) in [6, 6.07) is 11.4. The van der Waals surface area contributed by atoms with E-state index >= 15 is 0 Å². The zero-order chi connectivity index (χ0) is 21.3. The van der Waals surface area contributed by atoms with Crippen LogP contribution in [0.4, 0.5) is 23.2 Å². The average Bonchev–Trinajstić information content (AvgIpc) is 3.09. The summed E-state index contributed by atoms with van der Waals surface area (Å²) in [5.74, 6) is 0.834. The van der Waals surface area contributed by atoms with Crippen LogP contribution in [0, 0.1) is 12.7 Å². The topological polar surface area (TPSA) is 32.5 Å². The number of aromatic nitrogens is 1. The van der Waals surface area contributed by atoms with Crippen molar-refractivity contribution in [1.29, 1.82) is 0 Å². The number of alkyl halides is 3. The minimum Gasteiger partial charge on any atom is -0.441 e. The van der Waals surface area contributed by atoms with E-state index in [9.17, 15) is 17.6 Å². The van der Waals surface area contributed by atoms with E-state index < -0.39 is 11.7 Å². The summed E-state index contributed by atoms with van der Waals surface area (Å²) in [4.78, 5) is 8.71. The molecule has 8 heteroatoms. The van der Waals surface area contributed by atoms with E-state index in [1.807, 2.05) is 11.8 Å². The van der Waals surface area contributed by atoms with Crippen LogP contribution in [0.3, 0.4) is 0 Å². The number of nitrogens with zero attached hydrogens (tertiary/aromatic N) is 3. The molecule has 4 rings (SSSR count). The maximum atomic E-state index is 13.1. The van der Waals surface area contributed by atoms with Gasteiger partial charge >= 0.3 is 6.18 Å². The number of hydrogen-bond donors (Lipinski definition) is 0. The van der Waals surface area contributed by atoms with Gasteiger partial charge in [-0.15, -0.1) is 0 Å². The lowest BCUT2D eigenvalue weighted by Gasteiger charge is -2.36. The van der Waals surface area contributed by atoms with Crippen LogP contribution in [0.25, 0.3) is 11.5 Å². The van der Waals surface area contributed by atoms with Crippen LogP contribution >= 0.6 is 0 Å². The van der Waals surface area contributed by atoms with Gasteiger partial charge in [0, 0.05) is 44.0 Å². The highest BCUT2D eigenvalue weighted by Crippen LogP contribution is 2.32. The quantitative estimate of drug-likeness (QED) is 0.549. The van der Waals surface area contributed by atoms with E-state index in [4.69, 9.17) is 4.42 Å². The van der Waals surface area contributed by atoms with Gasteiger partial charge in [-0.25, -0.2) is 9.37 Å². The summed E-state index contributed by atoms with van der Waals surface area (Å²) in [5, 5.41) is 0. The summed E-state index contributed by atoms with van der Waals surface area (Å²) in [7, 11) is 0. The van der Waals surface area contributed by atoms with Gasteiger partial charge in [-0.2, -0.15) is 13.2 Å². The van der Waals surface area contributed by atoms with Crippen LogP contribution in [-0.4, -0.2) is 36.1 Å². The second-order valence-corrected chi connectivity index (χ2v) is 7.34. The Bertz CT molecular complexity index is 1010. The molecule has 2 aromatic carbocycles. The van der Waals surface area contributed by atoms with Gasteiger partial charge in [0.1, 0.15) is 11.6 Å². The summed E-state index contributed by atoms with van der Waals surface area (Å²) in [5.41, 5.74) is 1.47. The minimum atomic E-state index is -4.34. The Hall–Kier alpha value is -2.87. The molecule has 158 valence electrons. The molecule has 0 saturated carbocycles. The third-order valence-electron chi connectivity index (χ3n) is 5.27. The lowest BCUT2D eigenvalue weighted by Crippen LogP contribution is -2.46. The summed E-state index contributed by atoms with van der Waals surface area (Å²) < 4.78 is 57.7. The summed E-state index contributed by atoms with van der Waals surface area (Å²) >= 11 is 0. The van der Waals surface area contributed by atoms with Gasteiger partial charge in [0.15, 0.2) is 0 Å². The largest absolute Gasteiger partial charge is 0.441 e. The number of halogens is 4. The first-order chi connectivity index (χ1) is 14.3. The monoisotopic (exact) mass is 419 g/mol. The number of benzene rings is 2. The van der Waals surface area contributed by atoms with Gasteiger partial charge in [0.05, 0.1) is 11.3 Å². The molecule has 2 heterocycles. The summed E-state index contributed by atoms with van der Waals surface area (Å²) in [6.45, 7) is 5.09. The van der Waals surface area contributed by atoms with Gasteiger partial charge in [-0.1, -0.05) is 6.07 Å². The summed E-state index contributed by atoms with van der Waals surface area (Å²) in [6.07, 6.45) is -4.34. The van der Waals surface area contributed by atoms with Gasteiger partial charge in [0.25, 0.3) is 0 Å². The molecule has 0 bridgehead atoms. The smallest absolute Gasteiger partial charge is 0.416 e. The fourth-order valence-electron chi connectivity index (χ4n) is 3.55. The number of piperazine rings is 1. The van der Waals surface area contributed by atoms with Crippen molar-refractivity contribution in [1.82, 2.24) is 9.88 Å². The van der Waals surface area contributed by atoms with Crippen molar-refractivity contribution in [3.05, 3.63) is 71.4 Å². The van der Waals surface area contributed by atoms with Gasteiger partial charge in [0.2, 0.25) is 5.89 Å². The predicted molar refractivity (Wildman–Crippen MR) is 106 cm³/mol. The average molecular weight is 419 g/mol. The zero-order valence-electron chi connectivity index (χ0n) is 16.4. The Kier molecular flexibility index (Phi) is 5.51. The van der Waals surface area contributed by atoms with Crippen molar-refractivity contribution < 1.29 is 22.0 Å². The molecule has 1 aromatic heterocycles. The van der Waals surface area contributed by atoms with Crippen molar-refractivity contribution in [3.63, 3.8) is 0 Å². The maximum absolute atomic E-state index is 13.1. The molecule has 0 N–H and O–H groups in total. The van der Waals surface area contributed by atoms with Crippen LogP contribution in [0.1, 0.15) is 17.0 Å². The Morgan fingerprint density at radius 1 is 1.00 bits per heavy atom. The number of hydrogen-bond acceptors (Lipinski definition) is 4. The number of aryl methyl sites for hydroxylation is 1. The Balaban J connectivity index is 1.39. The van der Waals surface area contributed by atoms with E-state index in [1.54, 1.807) is 18.2 Å². The van der Waals surface area contributed by atoms with Crippen LogP contribution in [0.2, 0.25) is 0 Å². The third-order valence-corrected chi connectivity index (χ3v) is 5.27.